The maximum absolute atomic E-state index is 12.4. The lowest BCUT2D eigenvalue weighted by atomic mass is 9.92. The van der Waals surface area contributed by atoms with E-state index in [2.05, 4.69) is 10.4 Å². The van der Waals surface area contributed by atoms with E-state index in [0.717, 1.165) is 5.69 Å². The summed E-state index contributed by atoms with van der Waals surface area (Å²) >= 11 is 0. The molecule has 0 unspecified atom stereocenters. The van der Waals surface area contributed by atoms with Crippen molar-refractivity contribution in [3.05, 3.63) is 11.8 Å². The summed E-state index contributed by atoms with van der Waals surface area (Å²) in [5.74, 6) is -0.401. The van der Waals surface area contributed by atoms with Crippen molar-refractivity contribution in [1.29, 1.82) is 0 Å². The van der Waals surface area contributed by atoms with Crippen LogP contribution in [0.15, 0.2) is 6.07 Å². The molecule has 1 aromatic rings. The zero-order chi connectivity index (χ0) is 20.8. The van der Waals surface area contributed by atoms with Gasteiger partial charge >= 0.3 is 5.97 Å². The molecule has 0 aliphatic rings. The number of carbonyl (C=O) groups excluding carboxylic acids is 3. The minimum Gasteiger partial charge on any atom is -0.466 e. The second-order valence-corrected chi connectivity index (χ2v) is 7.76. The molecule has 0 aliphatic heterocycles. The number of hydrogen-bond acceptors (Lipinski definition) is 5. The Kier molecular flexibility index (Phi) is 7.99. The first-order valence-corrected chi connectivity index (χ1v) is 9.25. The van der Waals surface area contributed by atoms with Crippen LogP contribution < -0.4 is 5.32 Å². The van der Waals surface area contributed by atoms with Crippen LogP contribution in [-0.2, 0) is 31.6 Å². The molecule has 2 amide bonds. The summed E-state index contributed by atoms with van der Waals surface area (Å²) in [4.78, 5) is 37.7. The van der Waals surface area contributed by atoms with Gasteiger partial charge in [-0.3, -0.25) is 19.1 Å². The third-order valence-corrected chi connectivity index (χ3v) is 4.02. The second-order valence-electron chi connectivity index (χ2n) is 7.76. The van der Waals surface area contributed by atoms with Crippen molar-refractivity contribution in [2.75, 3.05) is 18.5 Å². The van der Waals surface area contributed by atoms with E-state index in [4.69, 9.17) is 4.74 Å². The summed E-state index contributed by atoms with van der Waals surface area (Å²) < 4.78 is 6.45. The number of esters is 1. The van der Waals surface area contributed by atoms with E-state index in [-0.39, 0.29) is 49.3 Å². The van der Waals surface area contributed by atoms with E-state index in [9.17, 15) is 14.4 Å². The van der Waals surface area contributed by atoms with Gasteiger partial charge < -0.3 is 15.0 Å². The average molecular weight is 380 g/mol. The fraction of sp³-hybridized carbons (Fsp3) is 0.684. The van der Waals surface area contributed by atoms with Crippen molar-refractivity contribution in [3.63, 3.8) is 0 Å². The predicted octanol–water partition coefficient (Wildman–Crippen LogP) is 2.24. The summed E-state index contributed by atoms with van der Waals surface area (Å²) in [5.41, 5.74) is 0.736. The van der Waals surface area contributed by atoms with Crippen LogP contribution in [0.2, 0.25) is 0 Å². The first-order chi connectivity index (χ1) is 12.5. The van der Waals surface area contributed by atoms with Crippen LogP contribution in [0.25, 0.3) is 0 Å². The van der Waals surface area contributed by atoms with Gasteiger partial charge in [0.2, 0.25) is 11.8 Å². The molecule has 1 heterocycles. The molecule has 0 aromatic carbocycles. The standard InChI is InChI=1S/C19H32N4O4/c1-8-27-18(26)10-9-17(25)23(13(2)3)12-16(24)20-15-11-14(19(4,5)6)21-22(15)7/h11,13H,8-10,12H2,1-7H3,(H,20,24). The molecule has 8 heteroatoms. The third-order valence-electron chi connectivity index (χ3n) is 4.02. The number of aromatic nitrogens is 2. The molecule has 1 rings (SSSR count). The Hall–Kier alpha value is -2.38. The maximum Gasteiger partial charge on any atom is 0.306 e. The maximum atomic E-state index is 12.4. The Morgan fingerprint density at radius 1 is 1.26 bits per heavy atom. The van der Waals surface area contributed by atoms with Crippen LogP contribution in [0, 0.1) is 0 Å². The Morgan fingerprint density at radius 2 is 1.89 bits per heavy atom. The molecule has 1 N–H and O–H groups in total. The highest BCUT2D eigenvalue weighted by atomic mass is 16.5. The molecule has 0 spiro atoms. The van der Waals surface area contributed by atoms with Gasteiger partial charge in [-0.1, -0.05) is 20.8 Å². The quantitative estimate of drug-likeness (QED) is 0.698. The van der Waals surface area contributed by atoms with E-state index < -0.39 is 5.97 Å². The van der Waals surface area contributed by atoms with E-state index in [1.54, 1.807) is 18.7 Å². The summed E-state index contributed by atoms with van der Waals surface area (Å²) in [7, 11) is 1.76. The normalized spacial score (nSPS) is 11.4. The van der Waals surface area contributed by atoms with Gasteiger partial charge in [0.05, 0.1) is 18.7 Å². The summed E-state index contributed by atoms with van der Waals surface area (Å²) in [6.45, 7) is 11.7. The molecule has 0 atom stereocenters. The van der Waals surface area contributed by atoms with Gasteiger partial charge in [0.15, 0.2) is 0 Å². The number of nitrogens with zero attached hydrogens (tertiary/aromatic N) is 3. The Morgan fingerprint density at radius 3 is 2.37 bits per heavy atom. The number of anilines is 1. The lowest BCUT2D eigenvalue weighted by molar-refractivity contribution is -0.146. The van der Waals surface area contributed by atoms with Crippen molar-refractivity contribution in [1.82, 2.24) is 14.7 Å². The van der Waals surface area contributed by atoms with Crippen LogP contribution in [-0.4, -0.2) is 51.7 Å². The molecule has 0 saturated carbocycles. The molecule has 27 heavy (non-hydrogen) atoms. The smallest absolute Gasteiger partial charge is 0.306 e. The lowest BCUT2D eigenvalue weighted by Gasteiger charge is -2.26. The van der Waals surface area contributed by atoms with Gasteiger partial charge in [-0.15, -0.1) is 0 Å². The molecule has 0 radical (unpaired) electrons. The highest BCUT2D eigenvalue weighted by Crippen LogP contribution is 2.23. The molecule has 0 saturated heterocycles. The van der Waals surface area contributed by atoms with Crippen LogP contribution in [0.3, 0.4) is 0 Å². The van der Waals surface area contributed by atoms with Gasteiger partial charge in [0, 0.05) is 31.0 Å². The monoisotopic (exact) mass is 380 g/mol. The van der Waals surface area contributed by atoms with Crippen molar-refractivity contribution >= 4 is 23.6 Å². The van der Waals surface area contributed by atoms with Gasteiger partial charge in [-0.05, 0) is 20.8 Å². The largest absolute Gasteiger partial charge is 0.466 e. The van der Waals surface area contributed by atoms with E-state index in [1.165, 1.54) is 4.90 Å². The summed E-state index contributed by atoms with van der Waals surface area (Å²) in [5, 5.41) is 7.22. The van der Waals surface area contributed by atoms with Crippen molar-refractivity contribution in [3.8, 4) is 0 Å². The zero-order valence-corrected chi connectivity index (χ0v) is 17.5. The highest BCUT2D eigenvalue weighted by Gasteiger charge is 2.23. The molecule has 152 valence electrons. The lowest BCUT2D eigenvalue weighted by Crippen LogP contribution is -2.42. The minimum atomic E-state index is -0.413. The Balaban J connectivity index is 2.72. The van der Waals surface area contributed by atoms with Crippen molar-refractivity contribution in [2.24, 2.45) is 7.05 Å². The van der Waals surface area contributed by atoms with E-state index in [0.29, 0.717) is 5.82 Å². The van der Waals surface area contributed by atoms with Crippen LogP contribution >= 0.6 is 0 Å². The number of rotatable bonds is 8. The third kappa shape index (κ3) is 7.03. The van der Waals surface area contributed by atoms with Gasteiger partial charge in [-0.2, -0.15) is 5.10 Å². The van der Waals surface area contributed by atoms with Gasteiger partial charge in [0.1, 0.15) is 12.4 Å². The fourth-order valence-electron chi connectivity index (χ4n) is 2.43. The fourth-order valence-corrected chi connectivity index (χ4v) is 2.43. The first kappa shape index (κ1) is 22.7. The molecule has 0 bridgehead atoms. The van der Waals surface area contributed by atoms with Crippen LogP contribution in [0.1, 0.15) is 60.1 Å². The van der Waals surface area contributed by atoms with Crippen LogP contribution in [0.4, 0.5) is 5.82 Å². The topological polar surface area (TPSA) is 93.5 Å². The Bertz CT molecular complexity index is 674. The number of nitrogens with one attached hydrogen (secondary N) is 1. The first-order valence-electron chi connectivity index (χ1n) is 9.25. The minimum absolute atomic E-state index is 0.00812. The Labute approximate surface area is 161 Å². The molecule has 0 aliphatic carbocycles. The highest BCUT2D eigenvalue weighted by molar-refractivity contribution is 5.94. The van der Waals surface area contributed by atoms with Gasteiger partial charge in [0.25, 0.3) is 0 Å². The number of hydrogen-bond donors (Lipinski definition) is 1. The van der Waals surface area contributed by atoms with Crippen LogP contribution in [0.5, 0.6) is 0 Å². The van der Waals surface area contributed by atoms with E-state index in [1.807, 2.05) is 40.7 Å². The number of amides is 2. The molecular weight excluding hydrogens is 348 g/mol. The zero-order valence-electron chi connectivity index (χ0n) is 17.5. The predicted molar refractivity (Wildman–Crippen MR) is 103 cm³/mol. The number of aryl methyl sites for hydroxylation is 1. The van der Waals surface area contributed by atoms with E-state index >= 15 is 0 Å². The molecule has 0 fully saturated rings. The average Bonchev–Trinajstić information content (AvgIpc) is 2.91. The van der Waals surface area contributed by atoms with Gasteiger partial charge in [-0.25, -0.2) is 0 Å². The molecular formula is C19H32N4O4. The number of carbonyl (C=O) groups is 3. The van der Waals surface area contributed by atoms with Crippen molar-refractivity contribution in [2.45, 2.75) is 65.8 Å². The molecule has 8 nitrogen and oxygen atoms in total. The second kappa shape index (κ2) is 9.53. The molecule has 1 aromatic heterocycles. The summed E-state index contributed by atoms with van der Waals surface area (Å²) in [6, 6.07) is 1.67. The number of ether oxygens (including phenoxy) is 1. The van der Waals surface area contributed by atoms with Crippen molar-refractivity contribution < 1.29 is 19.1 Å². The SMILES string of the molecule is CCOC(=O)CCC(=O)N(CC(=O)Nc1cc(C(C)(C)C)nn1C)C(C)C. The summed E-state index contributed by atoms with van der Waals surface area (Å²) in [6.07, 6.45) is 0.0262.